The number of rotatable bonds is 7. The molecule has 1 N–H and O–H groups in total. The van der Waals surface area contributed by atoms with Crippen LogP contribution in [0.1, 0.15) is 30.4 Å². The van der Waals surface area contributed by atoms with Gasteiger partial charge in [0.25, 0.3) is 0 Å². The Morgan fingerprint density at radius 2 is 1.71 bits per heavy atom. The van der Waals surface area contributed by atoms with Crippen LogP contribution in [0.15, 0.2) is 48.5 Å². The van der Waals surface area contributed by atoms with E-state index < -0.39 is 0 Å². The highest BCUT2D eigenvalue weighted by Crippen LogP contribution is 2.21. The quantitative estimate of drug-likeness (QED) is 0.525. The summed E-state index contributed by atoms with van der Waals surface area (Å²) in [5.41, 5.74) is 2.52. The van der Waals surface area contributed by atoms with E-state index >= 15 is 0 Å². The van der Waals surface area contributed by atoms with Crippen molar-refractivity contribution in [3.8, 4) is 0 Å². The van der Waals surface area contributed by atoms with E-state index in [9.17, 15) is 4.39 Å². The third-order valence-corrected chi connectivity index (χ3v) is 4.27. The summed E-state index contributed by atoms with van der Waals surface area (Å²) in [5, 5.41) is 3.48. The lowest BCUT2D eigenvalue weighted by atomic mass is 9.92. The molecule has 0 amide bonds. The second kappa shape index (κ2) is 8.49. The molecule has 0 heterocycles. The van der Waals surface area contributed by atoms with Gasteiger partial charge in [-0.2, -0.15) is 0 Å². The minimum atomic E-state index is -0.173. The molecule has 0 aromatic heterocycles. The molecule has 0 aliphatic carbocycles. The number of halogens is 2. The smallest absolute Gasteiger partial charge is 0.123 e. The molecule has 0 saturated carbocycles. The Hall–Kier alpha value is -0.940. The molecule has 0 saturated heterocycles. The molecule has 0 radical (unpaired) electrons. The Morgan fingerprint density at radius 1 is 1.05 bits per heavy atom. The molecular weight excluding hydrogens is 376 g/mol. The molecule has 112 valence electrons. The topological polar surface area (TPSA) is 12.0 Å². The van der Waals surface area contributed by atoms with Crippen molar-refractivity contribution in [1.29, 1.82) is 0 Å². The van der Waals surface area contributed by atoms with Gasteiger partial charge in [0.1, 0.15) is 5.82 Å². The van der Waals surface area contributed by atoms with Crippen molar-refractivity contribution in [3.63, 3.8) is 0 Å². The van der Waals surface area contributed by atoms with Gasteiger partial charge in [-0.3, -0.25) is 0 Å². The molecule has 1 nitrogen and oxygen atoms in total. The molecule has 0 spiro atoms. The van der Waals surface area contributed by atoms with Gasteiger partial charge in [-0.1, -0.05) is 31.2 Å². The maximum atomic E-state index is 13.1. The van der Waals surface area contributed by atoms with Crippen LogP contribution in [0.2, 0.25) is 0 Å². The summed E-state index contributed by atoms with van der Waals surface area (Å²) in [6.45, 7) is 4.11. The number of nitrogens with one attached hydrogen (secondary N) is 1. The molecule has 1 unspecified atom stereocenters. The highest BCUT2D eigenvalue weighted by atomic mass is 127. The Labute approximate surface area is 140 Å². The van der Waals surface area contributed by atoms with Crippen molar-refractivity contribution in [2.24, 2.45) is 0 Å². The van der Waals surface area contributed by atoms with Crippen molar-refractivity contribution in [2.45, 2.75) is 25.7 Å². The van der Waals surface area contributed by atoms with E-state index in [1.165, 1.54) is 14.7 Å². The van der Waals surface area contributed by atoms with E-state index in [0.29, 0.717) is 5.92 Å². The van der Waals surface area contributed by atoms with Gasteiger partial charge in [0.15, 0.2) is 0 Å². The summed E-state index contributed by atoms with van der Waals surface area (Å²) < 4.78 is 14.4. The number of hydrogen-bond donors (Lipinski definition) is 1. The third-order valence-electron chi connectivity index (χ3n) is 3.55. The van der Waals surface area contributed by atoms with Gasteiger partial charge < -0.3 is 5.32 Å². The molecule has 2 rings (SSSR count). The van der Waals surface area contributed by atoms with Gasteiger partial charge in [0.2, 0.25) is 0 Å². The van der Waals surface area contributed by atoms with Gasteiger partial charge in [-0.25, -0.2) is 4.39 Å². The summed E-state index contributed by atoms with van der Waals surface area (Å²) in [7, 11) is 0. The summed E-state index contributed by atoms with van der Waals surface area (Å²) in [6.07, 6.45) is 2.10. The van der Waals surface area contributed by atoms with Crippen molar-refractivity contribution < 1.29 is 4.39 Å². The average molecular weight is 397 g/mol. The van der Waals surface area contributed by atoms with Gasteiger partial charge >= 0.3 is 0 Å². The monoisotopic (exact) mass is 397 g/mol. The largest absolute Gasteiger partial charge is 0.316 e. The lowest BCUT2D eigenvalue weighted by Crippen LogP contribution is -2.23. The molecule has 2 aromatic carbocycles. The number of hydrogen-bond acceptors (Lipinski definition) is 1. The van der Waals surface area contributed by atoms with Crippen LogP contribution in [0.25, 0.3) is 0 Å². The van der Waals surface area contributed by atoms with E-state index in [2.05, 4.69) is 59.1 Å². The zero-order valence-corrected chi connectivity index (χ0v) is 14.4. The molecule has 0 aliphatic heterocycles. The van der Waals surface area contributed by atoms with Crippen LogP contribution in [-0.2, 0) is 6.42 Å². The SMILES string of the molecule is CCCNCC(Cc1ccc(I)cc1)c1ccc(F)cc1. The van der Waals surface area contributed by atoms with Crippen LogP contribution in [-0.4, -0.2) is 13.1 Å². The van der Waals surface area contributed by atoms with Gasteiger partial charge in [-0.05, 0) is 77.4 Å². The standard InChI is InChI=1S/C18H21FIN/c1-2-11-21-13-16(15-5-7-17(19)8-6-15)12-14-3-9-18(20)10-4-14/h3-10,16,21H,2,11-13H2,1H3. The van der Waals surface area contributed by atoms with Gasteiger partial charge in [0, 0.05) is 16.0 Å². The van der Waals surface area contributed by atoms with Crippen molar-refractivity contribution in [1.82, 2.24) is 5.32 Å². The van der Waals surface area contributed by atoms with E-state index in [0.717, 1.165) is 25.9 Å². The Morgan fingerprint density at radius 3 is 2.33 bits per heavy atom. The maximum absolute atomic E-state index is 13.1. The number of benzene rings is 2. The second-order valence-electron chi connectivity index (χ2n) is 5.28. The van der Waals surface area contributed by atoms with Crippen molar-refractivity contribution >= 4 is 22.6 Å². The fourth-order valence-corrected chi connectivity index (χ4v) is 2.76. The third kappa shape index (κ3) is 5.40. The van der Waals surface area contributed by atoms with Gasteiger partial charge in [0.05, 0.1) is 0 Å². The van der Waals surface area contributed by atoms with Crippen LogP contribution in [0.4, 0.5) is 4.39 Å². The summed E-state index contributed by atoms with van der Waals surface area (Å²) in [5.74, 6) is 0.200. The van der Waals surface area contributed by atoms with Crippen LogP contribution in [0.3, 0.4) is 0 Å². The van der Waals surface area contributed by atoms with Crippen molar-refractivity contribution in [2.75, 3.05) is 13.1 Å². The van der Waals surface area contributed by atoms with Crippen LogP contribution in [0, 0.1) is 9.39 Å². The van der Waals surface area contributed by atoms with E-state index in [1.807, 2.05) is 12.1 Å². The first-order chi connectivity index (χ1) is 10.2. The first-order valence-corrected chi connectivity index (χ1v) is 8.47. The maximum Gasteiger partial charge on any atom is 0.123 e. The zero-order valence-electron chi connectivity index (χ0n) is 12.3. The lowest BCUT2D eigenvalue weighted by molar-refractivity contribution is 0.573. The fraction of sp³-hybridized carbons (Fsp3) is 0.333. The molecule has 3 heteroatoms. The summed E-state index contributed by atoms with van der Waals surface area (Å²) in [6, 6.07) is 15.5. The Kier molecular flexibility index (Phi) is 6.64. The molecule has 1 atom stereocenters. The Bertz CT molecular complexity index is 536. The predicted octanol–water partition coefficient (Wildman–Crippen LogP) is 4.76. The molecule has 21 heavy (non-hydrogen) atoms. The molecule has 0 bridgehead atoms. The molecular formula is C18H21FIN. The second-order valence-corrected chi connectivity index (χ2v) is 6.53. The predicted molar refractivity (Wildman–Crippen MR) is 95.2 cm³/mol. The Balaban J connectivity index is 2.11. The van der Waals surface area contributed by atoms with E-state index in [4.69, 9.17) is 0 Å². The minimum Gasteiger partial charge on any atom is -0.316 e. The summed E-state index contributed by atoms with van der Waals surface area (Å²) in [4.78, 5) is 0. The fourth-order valence-electron chi connectivity index (χ4n) is 2.40. The first kappa shape index (κ1) is 16.4. The van der Waals surface area contributed by atoms with E-state index in [1.54, 1.807) is 12.1 Å². The first-order valence-electron chi connectivity index (χ1n) is 7.39. The lowest BCUT2D eigenvalue weighted by Gasteiger charge is -2.18. The van der Waals surface area contributed by atoms with Crippen LogP contribution >= 0.6 is 22.6 Å². The summed E-state index contributed by atoms with van der Waals surface area (Å²) >= 11 is 2.32. The highest BCUT2D eigenvalue weighted by Gasteiger charge is 2.12. The normalized spacial score (nSPS) is 12.3. The molecule has 0 aliphatic rings. The molecule has 0 fully saturated rings. The molecule has 2 aromatic rings. The zero-order chi connectivity index (χ0) is 15.1. The average Bonchev–Trinajstić information content (AvgIpc) is 2.49. The van der Waals surface area contributed by atoms with Crippen molar-refractivity contribution in [3.05, 3.63) is 69.0 Å². The van der Waals surface area contributed by atoms with Gasteiger partial charge in [-0.15, -0.1) is 0 Å². The van der Waals surface area contributed by atoms with Crippen LogP contribution in [0.5, 0.6) is 0 Å². The van der Waals surface area contributed by atoms with E-state index in [-0.39, 0.29) is 5.82 Å². The minimum absolute atomic E-state index is 0.173. The highest BCUT2D eigenvalue weighted by molar-refractivity contribution is 14.1. The van der Waals surface area contributed by atoms with Crippen LogP contribution < -0.4 is 5.32 Å².